The molecule has 88 valence electrons. The third kappa shape index (κ3) is 4.38. The molecule has 1 aliphatic rings. The van der Waals surface area contributed by atoms with Gasteiger partial charge in [0.05, 0.1) is 12.2 Å². The van der Waals surface area contributed by atoms with Gasteiger partial charge in [-0.15, -0.1) is 0 Å². The molecule has 0 aromatic heterocycles. The second-order valence-corrected chi connectivity index (χ2v) is 5.19. The van der Waals surface area contributed by atoms with E-state index in [1.54, 1.807) is 0 Å². The minimum atomic E-state index is 0.415. The van der Waals surface area contributed by atoms with Gasteiger partial charge in [0, 0.05) is 0 Å². The Hall–Kier alpha value is -0.300. The van der Waals surface area contributed by atoms with Crippen molar-refractivity contribution in [1.29, 1.82) is 0 Å². The second-order valence-electron chi connectivity index (χ2n) is 5.19. The molecule has 0 saturated carbocycles. The Morgan fingerprint density at radius 1 is 1.33 bits per heavy atom. The van der Waals surface area contributed by atoms with Crippen molar-refractivity contribution in [2.24, 2.45) is 5.92 Å². The zero-order chi connectivity index (χ0) is 11.3. The van der Waals surface area contributed by atoms with Crippen molar-refractivity contribution in [3.05, 3.63) is 12.2 Å². The van der Waals surface area contributed by atoms with Crippen LogP contribution in [0.25, 0.3) is 0 Å². The van der Waals surface area contributed by atoms with Gasteiger partial charge < -0.3 is 4.74 Å². The number of rotatable bonds is 5. The van der Waals surface area contributed by atoms with Crippen molar-refractivity contribution in [3.63, 3.8) is 0 Å². The zero-order valence-corrected chi connectivity index (χ0v) is 10.6. The van der Waals surface area contributed by atoms with Gasteiger partial charge >= 0.3 is 0 Å². The Morgan fingerprint density at radius 2 is 2.07 bits per heavy atom. The minimum absolute atomic E-state index is 0.415. The maximum absolute atomic E-state index is 6.10. The Balaban J connectivity index is 2.34. The maximum Gasteiger partial charge on any atom is 0.0638 e. The fourth-order valence-corrected chi connectivity index (χ4v) is 2.22. The fourth-order valence-electron chi connectivity index (χ4n) is 2.22. The predicted octanol–water partition coefficient (Wildman–Crippen LogP) is 4.33. The normalized spacial score (nSPS) is 27.3. The molecule has 1 heterocycles. The molecular weight excluding hydrogens is 184 g/mol. The summed E-state index contributed by atoms with van der Waals surface area (Å²) in [5.41, 5.74) is 1.39. The van der Waals surface area contributed by atoms with E-state index in [1.807, 2.05) is 0 Å². The van der Waals surface area contributed by atoms with Gasteiger partial charge in [-0.05, 0) is 25.2 Å². The molecule has 1 aliphatic heterocycles. The van der Waals surface area contributed by atoms with Gasteiger partial charge in [0.2, 0.25) is 0 Å². The van der Waals surface area contributed by atoms with Crippen molar-refractivity contribution >= 4 is 0 Å². The first kappa shape index (κ1) is 12.8. The summed E-state index contributed by atoms with van der Waals surface area (Å²) < 4.78 is 6.10. The highest BCUT2D eigenvalue weighted by Gasteiger charge is 2.26. The number of unbranched alkanes of at least 4 members (excludes halogenated alkanes) is 2. The summed E-state index contributed by atoms with van der Waals surface area (Å²) in [6.45, 7) is 10.9. The summed E-state index contributed by atoms with van der Waals surface area (Å²) in [7, 11) is 0. The maximum atomic E-state index is 6.10. The predicted molar refractivity (Wildman–Crippen MR) is 66.0 cm³/mol. The van der Waals surface area contributed by atoms with Gasteiger partial charge in [0.1, 0.15) is 0 Å². The van der Waals surface area contributed by atoms with Gasteiger partial charge in [-0.2, -0.15) is 0 Å². The molecule has 0 aliphatic carbocycles. The van der Waals surface area contributed by atoms with Crippen LogP contribution in [0.4, 0.5) is 0 Å². The highest BCUT2D eigenvalue weighted by atomic mass is 16.5. The molecule has 0 unspecified atom stereocenters. The second kappa shape index (κ2) is 6.32. The lowest BCUT2D eigenvalue weighted by Gasteiger charge is -2.34. The molecule has 0 bridgehead atoms. The van der Waals surface area contributed by atoms with Crippen molar-refractivity contribution in [2.75, 3.05) is 0 Å². The SMILES string of the molecule is C=C1C[C@H](CCCCC)O[C@H](C(C)C)C1. The highest BCUT2D eigenvalue weighted by Crippen LogP contribution is 2.29. The third-order valence-electron chi connectivity index (χ3n) is 3.25. The van der Waals surface area contributed by atoms with Gasteiger partial charge in [-0.25, -0.2) is 0 Å². The van der Waals surface area contributed by atoms with E-state index in [0.717, 1.165) is 12.8 Å². The summed E-state index contributed by atoms with van der Waals surface area (Å²) in [6.07, 6.45) is 8.17. The Bertz CT molecular complexity index is 196. The van der Waals surface area contributed by atoms with Crippen molar-refractivity contribution in [1.82, 2.24) is 0 Å². The molecule has 15 heavy (non-hydrogen) atoms. The van der Waals surface area contributed by atoms with E-state index in [4.69, 9.17) is 4.74 Å². The smallest absolute Gasteiger partial charge is 0.0638 e. The molecule has 1 heteroatoms. The molecule has 1 rings (SSSR count). The first-order chi connectivity index (χ1) is 7.13. The lowest BCUT2D eigenvalue weighted by molar-refractivity contribution is -0.0570. The van der Waals surface area contributed by atoms with Gasteiger partial charge in [0.15, 0.2) is 0 Å². The van der Waals surface area contributed by atoms with Crippen LogP contribution in [0.2, 0.25) is 0 Å². The fraction of sp³-hybridized carbons (Fsp3) is 0.857. The summed E-state index contributed by atoms with van der Waals surface area (Å²) in [4.78, 5) is 0. The molecule has 1 fully saturated rings. The minimum Gasteiger partial charge on any atom is -0.374 e. The molecule has 0 amide bonds. The first-order valence-corrected chi connectivity index (χ1v) is 6.45. The van der Waals surface area contributed by atoms with Crippen LogP contribution in [0.15, 0.2) is 12.2 Å². The van der Waals surface area contributed by atoms with Crippen LogP contribution >= 0.6 is 0 Å². The molecule has 0 aromatic rings. The standard InChI is InChI=1S/C14H26O/c1-5-6-7-8-13-9-12(4)10-14(15-13)11(2)3/h11,13-14H,4-10H2,1-3H3/t13-,14-/m0/s1. The molecule has 0 radical (unpaired) electrons. The van der Waals surface area contributed by atoms with Crippen LogP contribution in [-0.4, -0.2) is 12.2 Å². The Labute approximate surface area is 94.9 Å². The van der Waals surface area contributed by atoms with E-state index in [9.17, 15) is 0 Å². The van der Waals surface area contributed by atoms with Crippen LogP contribution in [0.1, 0.15) is 59.3 Å². The Morgan fingerprint density at radius 3 is 2.67 bits per heavy atom. The van der Waals surface area contributed by atoms with E-state index in [2.05, 4.69) is 27.4 Å². The largest absolute Gasteiger partial charge is 0.374 e. The molecular formula is C14H26O. The summed E-state index contributed by atoms with van der Waals surface area (Å²) in [5, 5.41) is 0. The van der Waals surface area contributed by atoms with Crippen molar-refractivity contribution in [2.45, 2.75) is 71.5 Å². The summed E-state index contributed by atoms with van der Waals surface area (Å²) in [6, 6.07) is 0. The van der Waals surface area contributed by atoms with Crippen molar-refractivity contribution in [3.8, 4) is 0 Å². The van der Waals surface area contributed by atoms with Crippen LogP contribution < -0.4 is 0 Å². The molecule has 1 nitrogen and oxygen atoms in total. The zero-order valence-electron chi connectivity index (χ0n) is 10.6. The van der Waals surface area contributed by atoms with Crippen LogP contribution in [-0.2, 0) is 4.74 Å². The average molecular weight is 210 g/mol. The molecule has 0 aromatic carbocycles. The lowest BCUT2D eigenvalue weighted by atomic mass is 9.91. The van der Waals surface area contributed by atoms with Gasteiger partial charge in [0.25, 0.3) is 0 Å². The topological polar surface area (TPSA) is 9.23 Å². The molecule has 0 spiro atoms. The number of hydrogen-bond donors (Lipinski definition) is 0. The van der Waals surface area contributed by atoms with E-state index in [0.29, 0.717) is 18.1 Å². The van der Waals surface area contributed by atoms with Crippen LogP contribution in [0.5, 0.6) is 0 Å². The van der Waals surface area contributed by atoms with E-state index in [-0.39, 0.29) is 0 Å². The van der Waals surface area contributed by atoms with E-state index in [1.165, 1.54) is 31.3 Å². The van der Waals surface area contributed by atoms with E-state index >= 15 is 0 Å². The number of hydrogen-bond acceptors (Lipinski definition) is 1. The molecule has 0 N–H and O–H groups in total. The van der Waals surface area contributed by atoms with Crippen LogP contribution in [0, 0.1) is 5.92 Å². The summed E-state index contributed by atoms with van der Waals surface area (Å²) >= 11 is 0. The van der Waals surface area contributed by atoms with E-state index < -0.39 is 0 Å². The highest BCUT2D eigenvalue weighted by molar-refractivity contribution is 5.02. The average Bonchev–Trinajstić information content (AvgIpc) is 2.17. The Kier molecular flexibility index (Phi) is 5.38. The van der Waals surface area contributed by atoms with Gasteiger partial charge in [-0.3, -0.25) is 0 Å². The quantitative estimate of drug-likeness (QED) is 0.485. The molecule has 2 atom stereocenters. The lowest BCUT2D eigenvalue weighted by Crippen LogP contribution is -2.32. The first-order valence-electron chi connectivity index (χ1n) is 6.45. The van der Waals surface area contributed by atoms with Gasteiger partial charge in [-0.1, -0.05) is 52.2 Å². The van der Waals surface area contributed by atoms with Crippen molar-refractivity contribution < 1.29 is 4.74 Å². The van der Waals surface area contributed by atoms with Crippen LogP contribution in [0.3, 0.4) is 0 Å². The molecule has 1 saturated heterocycles. The number of ether oxygens (including phenoxy) is 1. The monoisotopic (exact) mass is 210 g/mol. The summed E-state index contributed by atoms with van der Waals surface area (Å²) in [5.74, 6) is 0.621. The third-order valence-corrected chi connectivity index (χ3v) is 3.25.